The first-order valence-corrected chi connectivity index (χ1v) is 4.77. The molecule has 0 spiro atoms. The lowest BCUT2D eigenvalue weighted by molar-refractivity contribution is -0.137. The highest BCUT2D eigenvalue weighted by molar-refractivity contribution is 5.85. The van der Waals surface area contributed by atoms with Crippen LogP contribution >= 0.6 is 0 Å². The fourth-order valence-corrected chi connectivity index (χ4v) is 1.09. The summed E-state index contributed by atoms with van der Waals surface area (Å²) in [5, 5.41) is 14.4. The van der Waals surface area contributed by atoms with Crippen molar-refractivity contribution in [2.45, 2.75) is 6.54 Å². The summed E-state index contributed by atoms with van der Waals surface area (Å²) < 4.78 is 4.44. The fourth-order valence-electron chi connectivity index (χ4n) is 1.09. The number of hydrogen-bond acceptors (Lipinski definition) is 6. The molecule has 0 aliphatic rings. The molecule has 1 heterocycles. The molecule has 1 rings (SSSR count). The first-order valence-electron chi connectivity index (χ1n) is 4.77. The number of urea groups is 1. The first kappa shape index (κ1) is 13.4. The highest BCUT2D eigenvalue weighted by atomic mass is 16.5. The molecular formula is C8H11N5O5. The smallest absolute Gasteiger partial charge is 0.323 e. The van der Waals surface area contributed by atoms with Gasteiger partial charge in [-0.25, -0.2) is 4.79 Å². The Bertz CT molecular complexity index is 415. The van der Waals surface area contributed by atoms with E-state index in [0.717, 1.165) is 11.3 Å². The number of carbonyl (C=O) groups is 3. The van der Waals surface area contributed by atoms with Gasteiger partial charge in [-0.05, 0) is 0 Å². The molecule has 0 aliphatic carbocycles. The number of nitrogens with two attached hydrogens (primary N) is 1. The molecular weight excluding hydrogens is 246 g/mol. The Kier molecular flexibility index (Phi) is 4.60. The van der Waals surface area contributed by atoms with Gasteiger partial charge in [-0.2, -0.15) is 4.98 Å². The number of carbonyl (C=O) groups excluding carboxylic acids is 2. The van der Waals surface area contributed by atoms with Gasteiger partial charge in [0.15, 0.2) is 5.82 Å². The molecule has 0 aliphatic heterocycles. The van der Waals surface area contributed by atoms with E-state index in [0.29, 0.717) is 0 Å². The quantitative estimate of drug-likeness (QED) is 0.540. The van der Waals surface area contributed by atoms with Gasteiger partial charge in [0.1, 0.15) is 13.1 Å². The average Bonchev–Trinajstić information content (AvgIpc) is 2.76. The van der Waals surface area contributed by atoms with Crippen LogP contribution in [0, 0.1) is 0 Å². The summed E-state index contributed by atoms with van der Waals surface area (Å²) in [6.45, 7) is -1.18. The number of carboxylic acids is 1. The van der Waals surface area contributed by atoms with E-state index >= 15 is 0 Å². The van der Waals surface area contributed by atoms with Crippen LogP contribution < -0.4 is 11.1 Å². The zero-order valence-corrected chi connectivity index (χ0v) is 9.20. The number of aliphatic carboxylic acids is 1. The van der Waals surface area contributed by atoms with Crippen LogP contribution in [0.4, 0.5) is 4.79 Å². The third kappa shape index (κ3) is 4.47. The molecule has 98 valence electrons. The Morgan fingerprint density at radius 3 is 2.67 bits per heavy atom. The molecule has 10 nitrogen and oxygen atoms in total. The lowest BCUT2D eigenvalue weighted by atomic mass is 10.4. The van der Waals surface area contributed by atoms with Crippen LogP contribution in [0.1, 0.15) is 5.82 Å². The van der Waals surface area contributed by atoms with Crippen molar-refractivity contribution in [2.24, 2.45) is 5.73 Å². The van der Waals surface area contributed by atoms with E-state index in [1.165, 1.54) is 0 Å². The standard InChI is InChI=1S/C8H11N5O5/c9-5(14)2-13(3-7(15)16)8(17)10-1-6-11-4-18-12-6/h4H,1-3H2,(H2,9,14)(H,10,17)(H,15,16). The Balaban J connectivity index is 2.52. The molecule has 0 saturated heterocycles. The van der Waals surface area contributed by atoms with E-state index in [2.05, 4.69) is 20.0 Å². The summed E-state index contributed by atoms with van der Waals surface area (Å²) in [5.41, 5.74) is 4.90. The lowest BCUT2D eigenvalue weighted by Gasteiger charge is -2.18. The van der Waals surface area contributed by atoms with Crippen LogP contribution in [0.3, 0.4) is 0 Å². The van der Waals surface area contributed by atoms with E-state index < -0.39 is 31.0 Å². The Morgan fingerprint density at radius 2 is 2.17 bits per heavy atom. The predicted molar refractivity (Wildman–Crippen MR) is 54.9 cm³/mol. The molecule has 0 fully saturated rings. The maximum atomic E-state index is 11.6. The number of nitrogens with one attached hydrogen (secondary N) is 1. The molecule has 0 atom stereocenters. The second-order valence-corrected chi connectivity index (χ2v) is 3.22. The largest absolute Gasteiger partial charge is 0.480 e. The van der Waals surface area contributed by atoms with Crippen molar-refractivity contribution in [1.29, 1.82) is 0 Å². The fraction of sp³-hybridized carbons (Fsp3) is 0.375. The molecule has 4 N–H and O–H groups in total. The van der Waals surface area contributed by atoms with E-state index in [1.807, 2.05) is 0 Å². The summed E-state index contributed by atoms with van der Waals surface area (Å²) in [6.07, 6.45) is 1.08. The SMILES string of the molecule is NC(=O)CN(CC(=O)O)C(=O)NCc1ncon1. The molecule has 0 radical (unpaired) electrons. The number of amides is 3. The van der Waals surface area contributed by atoms with Crippen molar-refractivity contribution in [3.8, 4) is 0 Å². The van der Waals surface area contributed by atoms with Crippen LogP contribution in [-0.2, 0) is 16.1 Å². The van der Waals surface area contributed by atoms with Gasteiger partial charge in [0.25, 0.3) is 0 Å². The summed E-state index contributed by atoms with van der Waals surface area (Å²) in [4.78, 5) is 37.2. The summed E-state index contributed by atoms with van der Waals surface area (Å²) in [6, 6.07) is -0.763. The monoisotopic (exact) mass is 257 g/mol. The van der Waals surface area contributed by atoms with E-state index in [9.17, 15) is 14.4 Å². The van der Waals surface area contributed by atoms with Crippen molar-refractivity contribution < 1.29 is 24.0 Å². The molecule has 3 amide bonds. The van der Waals surface area contributed by atoms with Crippen molar-refractivity contribution in [2.75, 3.05) is 13.1 Å². The number of primary amides is 1. The zero-order chi connectivity index (χ0) is 13.5. The molecule has 0 aromatic carbocycles. The van der Waals surface area contributed by atoms with Crippen molar-refractivity contribution >= 4 is 17.9 Å². The van der Waals surface area contributed by atoms with Gasteiger partial charge in [-0.15, -0.1) is 0 Å². The van der Waals surface area contributed by atoms with Crippen molar-refractivity contribution in [1.82, 2.24) is 20.4 Å². The molecule has 1 aromatic rings. The third-order valence-electron chi connectivity index (χ3n) is 1.76. The molecule has 1 aromatic heterocycles. The first-order chi connectivity index (χ1) is 8.49. The molecule has 10 heteroatoms. The minimum absolute atomic E-state index is 0.0514. The van der Waals surface area contributed by atoms with Crippen LogP contribution in [-0.4, -0.2) is 51.1 Å². The Labute approximate surface area is 101 Å². The number of carboxylic acid groups (broad SMARTS) is 1. The molecule has 0 unspecified atom stereocenters. The number of hydrogen-bond donors (Lipinski definition) is 3. The van der Waals surface area contributed by atoms with Crippen LogP contribution in [0.15, 0.2) is 10.9 Å². The highest BCUT2D eigenvalue weighted by Crippen LogP contribution is 1.92. The van der Waals surface area contributed by atoms with Crippen LogP contribution in [0.25, 0.3) is 0 Å². The zero-order valence-electron chi connectivity index (χ0n) is 9.20. The molecule has 0 bridgehead atoms. The third-order valence-corrected chi connectivity index (χ3v) is 1.76. The topological polar surface area (TPSA) is 152 Å². The van der Waals surface area contributed by atoms with Crippen LogP contribution in [0.2, 0.25) is 0 Å². The predicted octanol–water partition coefficient (Wildman–Crippen LogP) is -1.85. The molecule has 18 heavy (non-hydrogen) atoms. The van der Waals surface area contributed by atoms with Crippen molar-refractivity contribution in [3.63, 3.8) is 0 Å². The van der Waals surface area contributed by atoms with E-state index in [4.69, 9.17) is 10.8 Å². The van der Waals surface area contributed by atoms with Gasteiger partial charge in [0, 0.05) is 0 Å². The summed E-state index contributed by atoms with van der Waals surface area (Å²) >= 11 is 0. The Hall–Kier alpha value is -2.65. The maximum Gasteiger partial charge on any atom is 0.323 e. The maximum absolute atomic E-state index is 11.6. The van der Waals surface area contributed by atoms with Crippen molar-refractivity contribution in [3.05, 3.63) is 12.2 Å². The van der Waals surface area contributed by atoms with Gasteiger partial charge < -0.3 is 25.6 Å². The second-order valence-electron chi connectivity index (χ2n) is 3.22. The second kappa shape index (κ2) is 6.18. The average molecular weight is 257 g/mol. The van der Waals surface area contributed by atoms with E-state index in [1.54, 1.807) is 0 Å². The van der Waals surface area contributed by atoms with Gasteiger partial charge in [0.05, 0.1) is 6.54 Å². The van der Waals surface area contributed by atoms with Gasteiger partial charge in [-0.1, -0.05) is 5.16 Å². The normalized spacial score (nSPS) is 9.78. The van der Waals surface area contributed by atoms with Gasteiger partial charge >= 0.3 is 12.0 Å². The minimum atomic E-state index is -1.26. The summed E-state index contributed by atoms with van der Waals surface area (Å²) in [5.74, 6) is -1.85. The Morgan fingerprint density at radius 1 is 1.44 bits per heavy atom. The summed E-state index contributed by atoms with van der Waals surface area (Å²) in [7, 11) is 0. The van der Waals surface area contributed by atoms with Gasteiger partial charge in [0.2, 0.25) is 12.3 Å². The van der Waals surface area contributed by atoms with E-state index in [-0.39, 0.29) is 12.4 Å². The van der Waals surface area contributed by atoms with Crippen LogP contribution in [0.5, 0.6) is 0 Å². The number of rotatable bonds is 6. The molecule has 0 saturated carbocycles. The lowest BCUT2D eigenvalue weighted by Crippen LogP contribution is -2.46. The van der Waals surface area contributed by atoms with Gasteiger partial charge in [-0.3, -0.25) is 9.59 Å². The number of nitrogens with zero attached hydrogens (tertiary/aromatic N) is 3. The highest BCUT2D eigenvalue weighted by Gasteiger charge is 2.18. The minimum Gasteiger partial charge on any atom is -0.480 e. The number of aromatic nitrogens is 2.